The van der Waals surface area contributed by atoms with Crippen molar-refractivity contribution in [3.8, 4) is 5.75 Å². The van der Waals surface area contributed by atoms with Crippen LogP contribution in [0.3, 0.4) is 0 Å². The van der Waals surface area contributed by atoms with Crippen LogP contribution >= 0.6 is 0 Å². The van der Waals surface area contributed by atoms with Crippen LogP contribution in [-0.4, -0.2) is 45.2 Å². The van der Waals surface area contributed by atoms with Crippen molar-refractivity contribution in [3.63, 3.8) is 0 Å². The number of carboxylic acids is 1. The molecule has 2 aromatic rings. The van der Waals surface area contributed by atoms with Crippen molar-refractivity contribution >= 4 is 16.9 Å². The summed E-state index contributed by atoms with van der Waals surface area (Å²) >= 11 is 0. The predicted octanol–water partition coefficient (Wildman–Crippen LogP) is 2.87. The number of phenolic OH excluding ortho intramolecular Hbond substituents is 1. The van der Waals surface area contributed by atoms with Crippen LogP contribution in [0.5, 0.6) is 5.75 Å². The Morgan fingerprint density at radius 1 is 1.44 bits per heavy atom. The van der Waals surface area contributed by atoms with Crippen LogP contribution in [0.4, 0.5) is 0 Å². The van der Waals surface area contributed by atoms with E-state index in [-0.39, 0.29) is 11.8 Å². The summed E-state index contributed by atoms with van der Waals surface area (Å²) in [5, 5.41) is 21.3. The third-order valence-electron chi connectivity index (χ3n) is 6.98. The standard InChI is InChI=1S/C20H24N2O3/c1-2-12-7-11-9-20(19(24)25)17-14(5-6-22(10-11)18(12)20)15-8-13(23)3-4-16(15)21-17/h3-4,8,11-12,18,21,23H,2,5-7,9-10H2,1H3,(H,24,25)/t11-,12-,18?,20+/m0/s1. The fourth-order valence-corrected chi connectivity index (χ4v) is 6.14. The number of carbonyl (C=O) groups is 1. The molecule has 3 N–H and O–H groups in total. The second-order valence-electron chi connectivity index (χ2n) is 8.15. The Balaban J connectivity index is 1.81. The summed E-state index contributed by atoms with van der Waals surface area (Å²) < 4.78 is 0. The Kier molecular flexibility index (Phi) is 3.06. The molecular weight excluding hydrogens is 316 g/mol. The van der Waals surface area contributed by atoms with Gasteiger partial charge >= 0.3 is 5.97 Å². The van der Waals surface area contributed by atoms with Gasteiger partial charge in [0.1, 0.15) is 11.2 Å². The molecule has 3 aliphatic heterocycles. The lowest BCUT2D eigenvalue weighted by molar-refractivity contribution is -0.158. The van der Waals surface area contributed by atoms with Gasteiger partial charge in [-0.2, -0.15) is 0 Å². The van der Waals surface area contributed by atoms with Crippen molar-refractivity contribution in [2.24, 2.45) is 11.8 Å². The molecule has 132 valence electrons. The molecular formula is C20H24N2O3. The normalized spacial score (nSPS) is 36.2. The van der Waals surface area contributed by atoms with Gasteiger partial charge in [0, 0.05) is 35.7 Å². The number of carboxylic acid groups (broad SMARTS) is 1. The fraction of sp³-hybridized carbons (Fsp3) is 0.550. The van der Waals surface area contributed by atoms with Gasteiger partial charge < -0.3 is 15.2 Å². The number of H-pyrrole nitrogens is 1. The van der Waals surface area contributed by atoms with Gasteiger partial charge in [-0.05, 0) is 54.9 Å². The number of nitrogens with zero attached hydrogens (tertiary/aromatic N) is 1. The van der Waals surface area contributed by atoms with Gasteiger partial charge in [0.05, 0.1) is 0 Å². The van der Waals surface area contributed by atoms with E-state index in [1.807, 2.05) is 6.07 Å². The summed E-state index contributed by atoms with van der Waals surface area (Å²) in [5.41, 5.74) is 2.09. The number of aromatic nitrogens is 1. The molecule has 6 rings (SSSR count). The van der Waals surface area contributed by atoms with E-state index < -0.39 is 11.4 Å². The van der Waals surface area contributed by atoms with Crippen LogP contribution in [-0.2, 0) is 16.6 Å². The SMILES string of the molecule is CC[C@H]1C[C@@H]2CN3CCc4c([nH]c5ccc(O)cc45)[C@](C(=O)O)(C2)C13. The lowest BCUT2D eigenvalue weighted by Crippen LogP contribution is -2.67. The number of fused-ring (bicyclic) bond motifs is 4. The molecule has 3 fully saturated rings. The topological polar surface area (TPSA) is 76.6 Å². The van der Waals surface area contributed by atoms with Gasteiger partial charge in [0.25, 0.3) is 0 Å². The van der Waals surface area contributed by atoms with E-state index in [9.17, 15) is 15.0 Å². The van der Waals surface area contributed by atoms with Crippen molar-refractivity contribution in [2.75, 3.05) is 13.1 Å². The minimum absolute atomic E-state index is 0.0721. The molecule has 4 aliphatic rings. The first-order valence-electron chi connectivity index (χ1n) is 9.36. The lowest BCUT2D eigenvalue weighted by atomic mass is 9.56. The van der Waals surface area contributed by atoms with Gasteiger partial charge in [0.2, 0.25) is 0 Å². The zero-order valence-electron chi connectivity index (χ0n) is 14.5. The Morgan fingerprint density at radius 2 is 2.28 bits per heavy atom. The summed E-state index contributed by atoms with van der Waals surface area (Å²) in [7, 11) is 0. The van der Waals surface area contributed by atoms with E-state index in [2.05, 4.69) is 16.8 Å². The minimum Gasteiger partial charge on any atom is -0.508 e. The smallest absolute Gasteiger partial charge is 0.317 e. The molecule has 2 saturated heterocycles. The highest BCUT2D eigenvalue weighted by Crippen LogP contribution is 2.55. The fourth-order valence-electron chi connectivity index (χ4n) is 6.14. The van der Waals surface area contributed by atoms with Crippen LogP contribution in [0.15, 0.2) is 18.2 Å². The van der Waals surface area contributed by atoms with Crippen LogP contribution in [0, 0.1) is 11.8 Å². The highest BCUT2D eigenvalue weighted by Gasteiger charge is 2.62. The number of hydrogen-bond acceptors (Lipinski definition) is 3. The van der Waals surface area contributed by atoms with Crippen molar-refractivity contribution in [3.05, 3.63) is 29.5 Å². The molecule has 1 aromatic carbocycles. The van der Waals surface area contributed by atoms with Gasteiger partial charge in [-0.1, -0.05) is 13.3 Å². The third-order valence-corrected chi connectivity index (χ3v) is 6.98. The van der Waals surface area contributed by atoms with Crippen molar-refractivity contribution in [1.29, 1.82) is 0 Å². The van der Waals surface area contributed by atoms with Crippen LogP contribution in [0.1, 0.15) is 37.4 Å². The number of aromatic amines is 1. The molecule has 25 heavy (non-hydrogen) atoms. The number of hydrogen-bond donors (Lipinski definition) is 3. The predicted molar refractivity (Wildman–Crippen MR) is 94.8 cm³/mol. The monoisotopic (exact) mass is 340 g/mol. The van der Waals surface area contributed by atoms with E-state index in [1.54, 1.807) is 12.1 Å². The highest BCUT2D eigenvalue weighted by atomic mass is 16.4. The van der Waals surface area contributed by atoms with Crippen LogP contribution < -0.4 is 0 Å². The number of nitrogens with one attached hydrogen (secondary N) is 1. The van der Waals surface area contributed by atoms with E-state index in [1.165, 1.54) is 0 Å². The maximum atomic E-state index is 12.7. The summed E-state index contributed by atoms with van der Waals surface area (Å²) in [6.45, 7) is 4.13. The largest absolute Gasteiger partial charge is 0.508 e. The maximum absolute atomic E-state index is 12.7. The number of rotatable bonds is 2. The average molecular weight is 340 g/mol. The second-order valence-corrected chi connectivity index (χ2v) is 8.15. The van der Waals surface area contributed by atoms with Crippen LogP contribution in [0.2, 0.25) is 0 Å². The Hall–Kier alpha value is -2.01. The molecule has 4 heterocycles. The van der Waals surface area contributed by atoms with E-state index in [0.717, 1.165) is 60.9 Å². The summed E-state index contributed by atoms with van der Waals surface area (Å²) in [4.78, 5) is 18.6. The van der Waals surface area contributed by atoms with E-state index >= 15 is 0 Å². The molecule has 0 radical (unpaired) electrons. The molecule has 5 heteroatoms. The summed E-state index contributed by atoms with van der Waals surface area (Å²) in [6.07, 6.45) is 3.76. The first kappa shape index (κ1) is 15.3. The number of benzene rings is 1. The van der Waals surface area contributed by atoms with Crippen molar-refractivity contribution in [1.82, 2.24) is 9.88 Å². The molecule has 1 saturated carbocycles. The number of phenols is 1. The van der Waals surface area contributed by atoms with Crippen molar-refractivity contribution in [2.45, 2.75) is 44.1 Å². The van der Waals surface area contributed by atoms with Crippen LogP contribution in [0.25, 0.3) is 10.9 Å². The maximum Gasteiger partial charge on any atom is 0.317 e. The van der Waals surface area contributed by atoms with Crippen molar-refractivity contribution < 1.29 is 15.0 Å². The lowest BCUT2D eigenvalue weighted by Gasteiger charge is -2.57. The summed E-state index contributed by atoms with van der Waals surface area (Å²) in [5.74, 6) is 0.439. The first-order chi connectivity index (χ1) is 12.0. The zero-order chi connectivity index (χ0) is 17.3. The Bertz CT molecular complexity index is 873. The summed E-state index contributed by atoms with van der Waals surface area (Å²) in [6, 6.07) is 5.38. The second kappa shape index (κ2) is 5.01. The number of aliphatic carboxylic acids is 1. The highest BCUT2D eigenvalue weighted by molar-refractivity contribution is 5.91. The molecule has 5 nitrogen and oxygen atoms in total. The van der Waals surface area contributed by atoms with Gasteiger partial charge in [-0.15, -0.1) is 0 Å². The Morgan fingerprint density at radius 3 is 3.04 bits per heavy atom. The first-order valence-corrected chi connectivity index (χ1v) is 9.36. The van der Waals surface area contributed by atoms with E-state index in [4.69, 9.17) is 0 Å². The minimum atomic E-state index is -0.845. The molecule has 5 atom stereocenters. The quantitative estimate of drug-likeness (QED) is 0.786. The molecule has 0 spiro atoms. The molecule has 0 amide bonds. The number of piperidine rings is 2. The number of aromatic hydroxyl groups is 1. The average Bonchev–Trinajstić information content (AvgIpc) is 2.92. The third kappa shape index (κ3) is 1.85. The van der Waals surface area contributed by atoms with Gasteiger partial charge in [-0.3, -0.25) is 9.69 Å². The molecule has 2 unspecified atom stereocenters. The van der Waals surface area contributed by atoms with E-state index in [0.29, 0.717) is 11.8 Å². The molecule has 1 aromatic heterocycles. The molecule has 4 bridgehead atoms. The Labute approximate surface area is 146 Å². The molecule has 1 aliphatic carbocycles. The zero-order valence-corrected chi connectivity index (χ0v) is 14.5. The van der Waals surface area contributed by atoms with Gasteiger partial charge in [0.15, 0.2) is 0 Å². The van der Waals surface area contributed by atoms with Gasteiger partial charge in [-0.25, -0.2) is 0 Å².